The van der Waals surface area contributed by atoms with Crippen LogP contribution in [0, 0.1) is 0 Å². The maximum Gasteiger partial charge on any atom is 0.248 e. The number of carbonyl (C=O) groups is 1. The van der Waals surface area contributed by atoms with Gasteiger partial charge in [0, 0.05) is 18.7 Å². The fourth-order valence-corrected chi connectivity index (χ4v) is 5.17. The minimum absolute atomic E-state index is 0.0156. The average molecular weight is 413 g/mol. The second-order valence-electron chi connectivity index (χ2n) is 7.16. The zero-order chi connectivity index (χ0) is 19.9. The van der Waals surface area contributed by atoms with Crippen LogP contribution in [0.15, 0.2) is 53.5 Å². The lowest BCUT2D eigenvalue weighted by Gasteiger charge is -2.05. The summed E-state index contributed by atoms with van der Waals surface area (Å²) in [4.78, 5) is 17.6. The van der Waals surface area contributed by atoms with Crippen molar-refractivity contribution >= 4 is 39.2 Å². The van der Waals surface area contributed by atoms with E-state index in [2.05, 4.69) is 72.8 Å². The molecule has 0 aliphatic heterocycles. The summed E-state index contributed by atoms with van der Waals surface area (Å²) >= 11 is 3.49. The maximum absolute atomic E-state index is 12.4. The van der Waals surface area contributed by atoms with E-state index in [4.69, 9.17) is 0 Å². The van der Waals surface area contributed by atoms with Crippen LogP contribution in [0.4, 0.5) is 0 Å². The standard InChI is InChI=1S/C23H28N2OS2/c1-4-25-20-13-12-19(17(2)3)15-21(20)28-23(25)24-22(26)11-8-14-27-16-18-9-6-5-7-10-18/h5-7,9-10,12-13,15,17H,4,8,11,14,16H2,1-3H3. The first kappa shape index (κ1) is 20.9. The van der Waals surface area contributed by atoms with Gasteiger partial charge in [0.05, 0.1) is 10.2 Å². The smallest absolute Gasteiger partial charge is 0.248 e. The molecule has 0 atom stereocenters. The number of rotatable bonds is 8. The molecule has 3 aromatic rings. The number of carbonyl (C=O) groups excluding carboxylic acids is 1. The molecule has 0 saturated heterocycles. The van der Waals surface area contributed by atoms with Gasteiger partial charge in [0.25, 0.3) is 0 Å². The number of aromatic nitrogens is 1. The molecule has 3 rings (SSSR count). The van der Waals surface area contributed by atoms with Crippen LogP contribution < -0.4 is 4.80 Å². The molecule has 0 aliphatic rings. The second-order valence-corrected chi connectivity index (χ2v) is 9.27. The van der Waals surface area contributed by atoms with Gasteiger partial charge < -0.3 is 4.57 Å². The Kier molecular flexibility index (Phi) is 7.51. The Morgan fingerprint density at radius 3 is 2.68 bits per heavy atom. The summed E-state index contributed by atoms with van der Waals surface area (Å²) in [5.41, 5.74) is 3.82. The van der Waals surface area contributed by atoms with Gasteiger partial charge in [0.2, 0.25) is 5.91 Å². The third kappa shape index (κ3) is 5.36. The van der Waals surface area contributed by atoms with Crippen molar-refractivity contribution in [1.29, 1.82) is 0 Å². The molecule has 1 heterocycles. The maximum atomic E-state index is 12.4. The highest BCUT2D eigenvalue weighted by Gasteiger charge is 2.09. The highest BCUT2D eigenvalue weighted by molar-refractivity contribution is 7.98. The molecule has 0 N–H and O–H groups in total. The summed E-state index contributed by atoms with van der Waals surface area (Å²) in [5.74, 6) is 2.46. The molecule has 5 heteroatoms. The normalized spacial score (nSPS) is 12.2. The SMILES string of the molecule is CCn1c(=NC(=O)CCCSCc2ccccc2)sc2cc(C(C)C)ccc21. The monoisotopic (exact) mass is 412 g/mol. The summed E-state index contributed by atoms with van der Waals surface area (Å²) in [5, 5.41) is 0. The van der Waals surface area contributed by atoms with Crippen molar-refractivity contribution < 1.29 is 4.79 Å². The molecular weight excluding hydrogens is 384 g/mol. The topological polar surface area (TPSA) is 34.4 Å². The van der Waals surface area contributed by atoms with Crippen LogP contribution in [0.1, 0.15) is 50.7 Å². The molecule has 0 spiro atoms. The first-order valence-corrected chi connectivity index (χ1v) is 11.9. The van der Waals surface area contributed by atoms with Crippen LogP contribution in [0.25, 0.3) is 10.2 Å². The van der Waals surface area contributed by atoms with Gasteiger partial charge in [0.15, 0.2) is 4.80 Å². The molecule has 0 saturated carbocycles. The predicted molar refractivity (Wildman–Crippen MR) is 122 cm³/mol. The molecule has 148 valence electrons. The fourth-order valence-electron chi connectivity index (χ4n) is 3.09. The van der Waals surface area contributed by atoms with E-state index in [9.17, 15) is 4.79 Å². The number of thiazole rings is 1. The van der Waals surface area contributed by atoms with Gasteiger partial charge in [-0.05, 0) is 48.3 Å². The molecule has 0 bridgehead atoms. The Balaban J connectivity index is 1.61. The zero-order valence-corrected chi connectivity index (χ0v) is 18.5. The summed E-state index contributed by atoms with van der Waals surface area (Å²) in [7, 11) is 0. The number of amides is 1. The van der Waals surface area contributed by atoms with Crippen molar-refractivity contribution in [2.24, 2.45) is 4.99 Å². The van der Waals surface area contributed by atoms with Crippen LogP contribution in [0.3, 0.4) is 0 Å². The van der Waals surface area contributed by atoms with Crippen molar-refractivity contribution in [2.45, 2.75) is 51.8 Å². The van der Waals surface area contributed by atoms with E-state index in [1.165, 1.54) is 21.3 Å². The Morgan fingerprint density at radius 1 is 1.18 bits per heavy atom. The molecule has 0 fully saturated rings. The highest BCUT2D eigenvalue weighted by Crippen LogP contribution is 2.23. The van der Waals surface area contributed by atoms with Crippen LogP contribution >= 0.6 is 23.1 Å². The van der Waals surface area contributed by atoms with E-state index < -0.39 is 0 Å². The van der Waals surface area contributed by atoms with Gasteiger partial charge in [0.1, 0.15) is 0 Å². The average Bonchev–Trinajstić information content (AvgIpc) is 3.04. The number of hydrogen-bond donors (Lipinski definition) is 0. The lowest BCUT2D eigenvalue weighted by molar-refractivity contribution is -0.118. The molecule has 2 aromatic carbocycles. The van der Waals surface area contributed by atoms with Crippen molar-refractivity contribution in [2.75, 3.05) is 5.75 Å². The van der Waals surface area contributed by atoms with Gasteiger partial charge in [-0.2, -0.15) is 16.8 Å². The molecule has 0 radical (unpaired) electrons. The van der Waals surface area contributed by atoms with Crippen molar-refractivity contribution in [3.63, 3.8) is 0 Å². The van der Waals surface area contributed by atoms with Crippen LogP contribution in [-0.4, -0.2) is 16.2 Å². The number of benzene rings is 2. The Bertz CT molecular complexity index is 987. The largest absolute Gasteiger partial charge is 0.317 e. The number of hydrogen-bond acceptors (Lipinski definition) is 3. The molecule has 1 amide bonds. The fraction of sp³-hybridized carbons (Fsp3) is 0.391. The van der Waals surface area contributed by atoms with Gasteiger partial charge in [-0.25, -0.2) is 0 Å². The summed E-state index contributed by atoms with van der Waals surface area (Å²) in [6, 6.07) is 17.0. The summed E-state index contributed by atoms with van der Waals surface area (Å²) in [6.45, 7) is 7.33. The molecule has 3 nitrogen and oxygen atoms in total. The van der Waals surface area contributed by atoms with Gasteiger partial charge in [-0.3, -0.25) is 4.79 Å². The molecule has 28 heavy (non-hydrogen) atoms. The van der Waals surface area contributed by atoms with Crippen LogP contribution in [0.2, 0.25) is 0 Å². The van der Waals surface area contributed by atoms with Crippen molar-refractivity contribution in [3.8, 4) is 0 Å². The highest BCUT2D eigenvalue weighted by atomic mass is 32.2. The Hall–Kier alpha value is -1.85. The first-order valence-electron chi connectivity index (χ1n) is 9.91. The first-order chi connectivity index (χ1) is 13.6. The zero-order valence-electron chi connectivity index (χ0n) is 16.9. The quantitative estimate of drug-likeness (QED) is 0.426. The number of aryl methyl sites for hydroxylation is 1. The van der Waals surface area contributed by atoms with Crippen molar-refractivity contribution in [3.05, 3.63) is 64.5 Å². The third-order valence-corrected chi connectivity index (χ3v) is 6.86. The lowest BCUT2D eigenvalue weighted by atomic mass is 10.0. The van der Waals surface area contributed by atoms with Crippen molar-refractivity contribution in [1.82, 2.24) is 4.57 Å². The van der Waals surface area contributed by atoms with Crippen LogP contribution in [-0.2, 0) is 17.1 Å². The third-order valence-electron chi connectivity index (χ3n) is 4.70. The molecule has 0 aliphatic carbocycles. The van der Waals surface area contributed by atoms with Gasteiger partial charge in [-0.1, -0.05) is 61.6 Å². The Morgan fingerprint density at radius 2 is 1.96 bits per heavy atom. The lowest BCUT2D eigenvalue weighted by Crippen LogP contribution is -2.15. The summed E-state index contributed by atoms with van der Waals surface area (Å²) in [6.07, 6.45) is 1.38. The number of thioether (sulfide) groups is 1. The van der Waals surface area contributed by atoms with Crippen LogP contribution in [0.5, 0.6) is 0 Å². The van der Waals surface area contributed by atoms with E-state index in [0.717, 1.165) is 29.3 Å². The Labute approximate surface area is 175 Å². The number of fused-ring (bicyclic) bond motifs is 1. The van der Waals surface area contributed by atoms with E-state index in [1.807, 2.05) is 17.8 Å². The molecular formula is C23H28N2OS2. The molecule has 1 aromatic heterocycles. The minimum atomic E-state index is -0.0156. The van der Waals surface area contributed by atoms with E-state index in [-0.39, 0.29) is 5.91 Å². The molecule has 0 unspecified atom stereocenters. The van der Waals surface area contributed by atoms with E-state index in [0.29, 0.717) is 12.3 Å². The minimum Gasteiger partial charge on any atom is -0.317 e. The second kappa shape index (κ2) is 10.1. The van der Waals surface area contributed by atoms with E-state index in [1.54, 1.807) is 11.3 Å². The summed E-state index contributed by atoms with van der Waals surface area (Å²) < 4.78 is 3.35. The predicted octanol–water partition coefficient (Wildman–Crippen LogP) is 5.99. The van der Waals surface area contributed by atoms with E-state index >= 15 is 0 Å². The van der Waals surface area contributed by atoms with Gasteiger partial charge >= 0.3 is 0 Å². The van der Waals surface area contributed by atoms with Gasteiger partial charge in [-0.15, -0.1) is 0 Å². The number of nitrogens with zero attached hydrogens (tertiary/aromatic N) is 2.